The van der Waals surface area contributed by atoms with Crippen molar-refractivity contribution in [3.63, 3.8) is 0 Å². The molecule has 2 heterocycles. The third kappa shape index (κ3) is 3.57. The van der Waals surface area contributed by atoms with E-state index in [0.717, 1.165) is 19.4 Å². The smallest absolute Gasteiger partial charge is 0.263 e. The molecule has 1 saturated heterocycles. The van der Waals surface area contributed by atoms with Crippen molar-refractivity contribution in [2.75, 3.05) is 13.1 Å². The Balaban J connectivity index is 1.63. The van der Waals surface area contributed by atoms with E-state index in [1.54, 1.807) is 37.4 Å². The van der Waals surface area contributed by atoms with Gasteiger partial charge in [0.25, 0.3) is 5.91 Å². The summed E-state index contributed by atoms with van der Waals surface area (Å²) >= 11 is 0. The maximum atomic E-state index is 12.7. The lowest BCUT2D eigenvalue weighted by Crippen LogP contribution is -2.46. The van der Waals surface area contributed by atoms with Crippen LogP contribution in [0.2, 0.25) is 0 Å². The Bertz CT molecular complexity index is 736. The fourth-order valence-electron chi connectivity index (χ4n) is 3.02. The maximum Gasteiger partial charge on any atom is 0.263 e. The molecule has 0 saturated carbocycles. The van der Waals surface area contributed by atoms with Gasteiger partial charge in [0.1, 0.15) is 5.75 Å². The molecule has 24 heavy (non-hydrogen) atoms. The van der Waals surface area contributed by atoms with Gasteiger partial charge < -0.3 is 9.64 Å². The van der Waals surface area contributed by atoms with Crippen molar-refractivity contribution in [1.82, 2.24) is 14.7 Å². The molecule has 0 radical (unpaired) electrons. The molecule has 0 N–H and O–H groups in total. The zero-order valence-corrected chi connectivity index (χ0v) is 13.6. The van der Waals surface area contributed by atoms with Crippen LogP contribution in [0.3, 0.4) is 0 Å². The van der Waals surface area contributed by atoms with E-state index in [-0.39, 0.29) is 11.9 Å². The van der Waals surface area contributed by atoms with Gasteiger partial charge >= 0.3 is 0 Å². The first kappa shape index (κ1) is 16.1. The summed E-state index contributed by atoms with van der Waals surface area (Å²) in [7, 11) is 0. The summed E-state index contributed by atoms with van der Waals surface area (Å²) in [5, 5.41) is 13.2. The number of likely N-dealkylation sites (tertiary alicyclic amines) is 1. The van der Waals surface area contributed by atoms with Gasteiger partial charge in [-0.25, -0.2) is 0 Å². The minimum Gasteiger partial charge on any atom is -0.481 e. The molecular weight excluding hydrogens is 304 g/mol. The fourth-order valence-corrected chi connectivity index (χ4v) is 3.02. The van der Waals surface area contributed by atoms with Crippen molar-refractivity contribution in [1.29, 1.82) is 5.26 Å². The molecule has 0 bridgehead atoms. The van der Waals surface area contributed by atoms with E-state index < -0.39 is 6.10 Å². The zero-order valence-electron chi connectivity index (χ0n) is 13.6. The fraction of sp³-hybridized carbons (Fsp3) is 0.389. The molecule has 0 unspecified atom stereocenters. The number of hydrogen-bond acceptors (Lipinski definition) is 4. The third-order valence-corrected chi connectivity index (χ3v) is 4.23. The highest BCUT2D eigenvalue weighted by Crippen LogP contribution is 2.22. The van der Waals surface area contributed by atoms with Gasteiger partial charge in [-0.15, -0.1) is 0 Å². The molecule has 1 aliphatic rings. The molecule has 124 valence electrons. The lowest BCUT2D eigenvalue weighted by Gasteiger charge is -2.34. The number of benzene rings is 1. The second-order valence-electron chi connectivity index (χ2n) is 5.97. The molecule has 1 aliphatic heterocycles. The summed E-state index contributed by atoms with van der Waals surface area (Å²) < 4.78 is 7.65. The number of nitrogens with zero attached hydrogens (tertiary/aromatic N) is 4. The predicted octanol–water partition coefficient (Wildman–Crippen LogP) is 2.39. The Morgan fingerprint density at radius 2 is 2.33 bits per heavy atom. The average Bonchev–Trinajstić information content (AvgIpc) is 3.16. The summed E-state index contributed by atoms with van der Waals surface area (Å²) in [6.45, 7) is 3.13. The van der Waals surface area contributed by atoms with Crippen LogP contribution < -0.4 is 4.74 Å². The highest BCUT2D eigenvalue weighted by atomic mass is 16.5. The number of ether oxygens (including phenoxy) is 1. The summed E-state index contributed by atoms with van der Waals surface area (Å²) in [5.41, 5.74) is 0.517. The standard InChI is InChI=1S/C18H20N4O2/c1-14(24-17-7-2-5-15(11-17)12-19)18(23)21-9-3-6-16(13-21)22-10-4-8-20-22/h2,4-5,7-8,10-11,14,16H,3,6,9,13H2,1H3/t14-,16+/m0/s1. The first-order valence-corrected chi connectivity index (χ1v) is 8.12. The molecule has 1 amide bonds. The van der Waals surface area contributed by atoms with E-state index in [9.17, 15) is 4.79 Å². The molecule has 0 spiro atoms. The largest absolute Gasteiger partial charge is 0.481 e. The van der Waals surface area contributed by atoms with E-state index in [0.29, 0.717) is 17.9 Å². The van der Waals surface area contributed by atoms with E-state index >= 15 is 0 Å². The first-order valence-electron chi connectivity index (χ1n) is 8.12. The Morgan fingerprint density at radius 1 is 1.46 bits per heavy atom. The number of amides is 1. The average molecular weight is 324 g/mol. The monoisotopic (exact) mass is 324 g/mol. The number of hydrogen-bond donors (Lipinski definition) is 0. The molecule has 2 atom stereocenters. The van der Waals surface area contributed by atoms with Crippen LogP contribution >= 0.6 is 0 Å². The first-order chi connectivity index (χ1) is 11.7. The molecule has 0 aliphatic carbocycles. The molecule has 6 nitrogen and oxygen atoms in total. The lowest BCUT2D eigenvalue weighted by atomic mass is 10.1. The number of rotatable bonds is 4. The van der Waals surface area contributed by atoms with Crippen molar-refractivity contribution in [2.24, 2.45) is 0 Å². The molecule has 1 aromatic heterocycles. The van der Waals surface area contributed by atoms with Crippen LogP contribution in [0.5, 0.6) is 5.75 Å². The van der Waals surface area contributed by atoms with E-state index in [1.807, 2.05) is 21.8 Å². The van der Waals surface area contributed by atoms with Gasteiger partial charge in [0.2, 0.25) is 0 Å². The third-order valence-electron chi connectivity index (χ3n) is 4.23. The molecular formula is C18H20N4O2. The van der Waals surface area contributed by atoms with Crippen molar-refractivity contribution in [3.8, 4) is 11.8 Å². The predicted molar refractivity (Wildman–Crippen MR) is 88.3 cm³/mol. The van der Waals surface area contributed by atoms with Crippen molar-refractivity contribution in [2.45, 2.75) is 31.9 Å². The van der Waals surface area contributed by atoms with Crippen molar-refractivity contribution < 1.29 is 9.53 Å². The SMILES string of the molecule is C[C@H](Oc1cccc(C#N)c1)C(=O)N1CCC[C@@H](n2cccn2)C1. The van der Waals surface area contributed by atoms with Crippen LogP contribution in [0.25, 0.3) is 0 Å². The minimum absolute atomic E-state index is 0.0331. The number of piperidine rings is 1. The van der Waals surface area contributed by atoms with Crippen LogP contribution in [-0.2, 0) is 4.79 Å². The number of carbonyl (C=O) groups is 1. The van der Waals surface area contributed by atoms with Gasteiger partial charge in [-0.2, -0.15) is 10.4 Å². The summed E-state index contributed by atoms with van der Waals surface area (Å²) in [6, 6.07) is 11.0. The van der Waals surface area contributed by atoms with E-state index in [1.165, 1.54) is 0 Å². The van der Waals surface area contributed by atoms with Gasteiger partial charge in [0, 0.05) is 25.5 Å². The van der Waals surface area contributed by atoms with Crippen LogP contribution in [-0.4, -0.2) is 39.8 Å². The summed E-state index contributed by atoms with van der Waals surface area (Å²) in [6.07, 6.45) is 5.08. The van der Waals surface area contributed by atoms with Gasteiger partial charge in [0.15, 0.2) is 6.10 Å². The van der Waals surface area contributed by atoms with Crippen LogP contribution in [0.15, 0.2) is 42.7 Å². The number of carbonyl (C=O) groups excluding carboxylic acids is 1. The minimum atomic E-state index is -0.588. The molecule has 6 heteroatoms. The van der Waals surface area contributed by atoms with Crippen LogP contribution in [0.1, 0.15) is 31.4 Å². The molecule has 1 fully saturated rings. The lowest BCUT2D eigenvalue weighted by molar-refractivity contribution is -0.139. The van der Waals surface area contributed by atoms with Crippen LogP contribution in [0, 0.1) is 11.3 Å². The Morgan fingerprint density at radius 3 is 3.08 bits per heavy atom. The second-order valence-corrected chi connectivity index (χ2v) is 5.97. The van der Waals surface area contributed by atoms with E-state index in [2.05, 4.69) is 11.2 Å². The normalized spacial score (nSPS) is 18.7. The van der Waals surface area contributed by atoms with Crippen LogP contribution in [0.4, 0.5) is 0 Å². The van der Waals surface area contributed by atoms with E-state index in [4.69, 9.17) is 10.00 Å². The Labute approximate surface area is 141 Å². The number of aromatic nitrogens is 2. The summed E-state index contributed by atoms with van der Waals surface area (Å²) in [5.74, 6) is 0.504. The summed E-state index contributed by atoms with van der Waals surface area (Å²) in [4.78, 5) is 14.5. The molecule has 2 aromatic rings. The zero-order chi connectivity index (χ0) is 16.9. The molecule has 1 aromatic carbocycles. The maximum absolute atomic E-state index is 12.7. The highest BCUT2D eigenvalue weighted by molar-refractivity contribution is 5.81. The Hall–Kier alpha value is -2.81. The topological polar surface area (TPSA) is 71.2 Å². The van der Waals surface area contributed by atoms with Gasteiger partial charge in [-0.05, 0) is 44.0 Å². The van der Waals surface area contributed by atoms with Crippen molar-refractivity contribution in [3.05, 3.63) is 48.3 Å². The number of nitriles is 1. The highest BCUT2D eigenvalue weighted by Gasteiger charge is 2.28. The second kappa shape index (κ2) is 7.18. The van der Waals surface area contributed by atoms with Gasteiger partial charge in [-0.3, -0.25) is 9.48 Å². The Kier molecular flexibility index (Phi) is 4.80. The van der Waals surface area contributed by atoms with Gasteiger partial charge in [0.05, 0.1) is 17.7 Å². The van der Waals surface area contributed by atoms with Crippen molar-refractivity contribution >= 4 is 5.91 Å². The molecule has 3 rings (SSSR count). The van der Waals surface area contributed by atoms with Gasteiger partial charge in [-0.1, -0.05) is 6.07 Å². The quantitative estimate of drug-likeness (QED) is 0.866.